The lowest BCUT2D eigenvalue weighted by Gasteiger charge is -2.37. The van der Waals surface area contributed by atoms with Crippen LogP contribution in [0.4, 0.5) is 11.6 Å². The maximum absolute atomic E-state index is 9.70. The van der Waals surface area contributed by atoms with Gasteiger partial charge in [-0.3, -0.25) is 4.90 Å². The molecule has 2 aliphatic heterocycles. The van der Waals surface area contributed by atoms with Crippen LogP contribution in [0.1, 0.15) is 36.6 Å². The average Bonchev–Trinajstić information content (AvgIpc) is 3.05. The Balaban J connectivity index is 1.38. The first kappa shape index (κ1) is 19.1. The summed E-state index contributed by atoms with van der Waals surface area (Å²) in [5, 5.41) is 9.70. The van der Waals surface area contributed by atoms with Gasteiger partial charge in [0.1, 0.15) is 23.7 Å². The highest BCUT2D eigenvalue weighted by Crippen LogP contribution is 2.25. The molecule has 1 N–H and O–H groups in total. The number of rotatable bonds is 5. The predicted molar refractivity (Wildman–Crippen MR) is 108 cm³/mol. The lowest BCUT2D eigenvalue weighted by Crippen LogP contribution is -2.46. The molecule has 4 rings (SSSR count). The van der Waals surface area contributed by atoms with E-state index in [-0.39, 0.29) is 12.6 Å². The first-order chi connectivity index (χ1) is 13.6. The number of piperidine rings is 1. The summed E-state index contributed by atoms with van der Waals surface area (Å²) < 4.78 is 5.72. The highest BCUT2D eigenvalue weighted by atomic mass is 16.4. The highest BCUT2D eigenvalue weighted by molar-refractivity contribution is 5.51. The summed E-state index contributed by atoms with van der Waals surface area (Å²) in [6.45, 7) is 9.55. The quantitative estimate of drug-likeness (QED) is 0.832. The lowest BCUT2D eigenvalue weighted by atomic mass is 10.0. The molecule has 0 amide bonds. The van der Waals surface area contributed by atoms with E-state index in [0.717, 1.165) is 81.1 Å². The summed E-state index contributed by atoms with van der Waals surface area (Å²) in [6.07, 6.45) is 4.99. The van der Waals surface area contributed by atoms with Crippen LogP contribution in [-0.4, -0.2) is 70.3 Å². The third-order valence-electron chi connectivity index (χ3n) is 5.90. The molecule has 152 valence electrons. The van der Waals surface area contributed by atoms with Gasteiger partial charge in [-0.15, -0.1) is 0 Å². The molecule has 0 bridgehead atoms. The van der Waals surface area contributed by atoms with Crippen LogP contribution in [0.25, 0.3) is 0 Å². The minimum Gasteiger partial charge on any atom is -0.444 e. The minimum absolute atomic E-state index is 0.168. The second-order valence-electron chi connectivity index (χ2n) is 7.77. The Morgan fingerprint density at radius 3 is 2.57 bits per heavy atom. The molecule has 28 heavy (non-hydrogen) atoms. The Morgan fingerprint density at radius 2 is 1.86 bits per heavy atom. The number of aliphatic hydroxyl groups excluding tert-OH is 1. The fourth-order valence-electron chi connectivity index (χ4n) is 4.09. The van der Waals surface area contributed by atoms with E-state index < -0.39 is 0 Å². The Bertz CT molecular complexity index is 767. The first-order valence-corrected chi connectivity index (χ1v) is 10.2. The van der Waals surface area contributed by atoms with Crippen molar-refractivity contribution in [1.82, 2.24) is 19.9 Å². The summed E-state index contributed by atoms with van der Waals surface area (Å²) in [5.74, 6) is 3.60. The molecule has 1 atom stereocenters. The maximum atomic E-state index is 9.70. The van der Waals surface area contributed by atoms with Crippen LogP contribution in [-0.2, 0) is 6.54 Å². The SMILES string of the molecule is Cc1nc(CN2CCN(c3cc(N4CCCCC4CO)ncn3)CC2)oc1C. The summed E-state index contributed by atoms with van der Waals surface area (Å²) in [7, 11) is 0. The molecular weight excluding hydrogens is 356 g/mol. The monoisotopic (exact) mass is 386 g/mol. The Hall–Kier alpha value is -2.19. The molecule has 8 nitrogen and oxygen atoms in total. The van der Waals surface area contributed by atoms with Crippen molar-refractivity contribution in [2.24, 2.45) is 0 Å². The van der Waals surface area contributed by atoms with Crippen molar-refractivity contribution >= 4 is 11.6 Å². The van der Waals surface area contributed by atoms with Crippen LogP contribution in [0.2, 0.25) is 0 Å². The van der Waals surface area contributed by atoms with E-state index in [1.54, 1.807) is 6.33 Å². The van der Waals surface area contributed by atoms with Crippen molar-refractivity contribution in [1.29, 1.82) is 0 Å². The number of anilines is 2. The van der Waals surface area contributed by atoms with Crippen LogP contribution in [0.15, 0.2) is 16.8 Å². The molecule has 2 aromatic rings. The second kappa shape index (κ2) is 8.45. The molecule has 0 radical (unpaired) electrons. The number of aliphatic hydroxyl groups is 1. The molecule has 0 spiro atoms. The van der Waals surface area contributed by atoms with E-state index >= 15 is 0 Å². The van der Waals surface area contributed by atoms with Crippen molar-refractivity contribution in [3.8, 4) is 0 Å². The Kier molecular flexibility index (Phi) is 5.77. The summed E-state index contributed by atoms with van der Waals surface area (Å²) in [6, 6.07) is 2.24. The van der Waals surface area contributed by atoms with Crippen molar-refractivity contribution < 1.29 is 9.52 Å². The molecule has 2 aliphatic rings. The molecule has 1 unspecified atom stereocenters. The molecule has 2 aromatic heterocycles. The zero-order chi connectivity index (χ0) is 19.5. The lowest BCUT2D eigenvalue weighted by molar-refractivity contribution is 0.224. The molecule has 4 heterocycles. The van der Waals surface area contributed by atoms with Gasteiger partial charge in [0.2, 0.25) is 5.89 Å². The number of piperazine rings is 1. The van der Waals surface area contributed by atoms with Gasteiger partial charge in [-0.05, 0) is 33.1 Å². The van der Waals surface area contributed by atoms with Crippen molar-refractivity contribution in [2.75, 3.05) is 49.1 Å². The minimum atomic E-state index is 0.168. The van der Waals surface area contributed by atoms with E-state index in [1.807, 2.05) is 13.8 Å². The fourth-order valence-corrected chi connectivity index (χ4v) is 4.09. The van der Waals surface area contributed by atoms with Gasteiger partial charge >= 0.3 is 0 Å². The van der Waals surface area contributed by atoms with E-state index in [4.69, 9.17) is 4.42 Å². The van der Waals surface area contributed by atoms with Gasteiger partial charge in [0.25, 0.3) is 0 Å². The zero-order valence-corrected chi connectivity index (χ0v) is 16.8. The average molecular weight is 387 g/mol. The van der Waals surface area contributed by atoms with Gasteiger partial charge in [0.15, 0.2) is 0 Å². The Labute approximate surface area is 166 Å². The molecule has 0 aliphatic carbocycles. The first-order valence-electron chi connectivity index (χ1n) is 10.2. The van der Waals surface area contributed by atoms with Crippen molar-refractivity contribution in [3.05, 3.63) is 29.7 Å². The van der Waals surface area contributed by atoms with E-state index in [0.29, 0.717) is 0 Å². The van der Waals surface area contributed by atoms with Crippen molar-refractivity contribution in [3.63, 3.8) is 0 Å². The van der Waals surface area contributed by atoms with Crippen LogP contribution < -0.4 is 9.80 Å². The van der Waals surface area contributed by atoms with E-state index in [9.17, 15) is 5.11 Å². The number of hydrogen-bond donors (Lipinski definition) is 1. The largest absolute Gasteiger partial charge is 0.444 e. The van der Waals surface area contributed by atoms with Crippen molar-refractivity contribution in [2.45, 2.75) is 45.7 Å². The zero-order valence-electron chi connectivity index (χ0n) is 16.8. The summed E-state index contributed by atoms with van der Waals surface area (Å²) in [5.41, 5.74) is 0.973. The third kappa shape index (κ3) is 4.12. The van der Waals surface area contributed by atoms with E-state index in [2.05, 4.69) is 35.7 Å². The number of nitrogens with zero attached hydrogens (tertiary/aromatic N) is 6. The van der Waals surface area contributed by atoms with E-state index in [1.165, 1.54) is 6.42 Å². The van der Waals surface area contributed by atoms with Gasteiger partial charge in [-0.2, -0.15) is 0 Å². The fraction of sp³-hybridized carbons (Fsp3) is 0.650. The molecule has 0 saturated carbocycles. The summed E-state index contributed by atoms with van der Waals surface area (Å²) >= 11 is 0. The molecule has 0 aromatic carbocycles. The van der Waals surface area contributed by atoms with Crippen LogP contribution in [0.5, 0.6) is 0 Å². The highest BCUT2D eigenvalue weighted by Gasteiger charge is 2.25. The smallest absolute Gasteiger partial charge is 0.208 e. The third-order valence-corrected chi connectivity index (χ3v) is 5.90. The van der Waals surface area contributed by atoms with Crippen LogP contribution >= 0.6 is 0 Å². The number of hydrogen-bond acceptors (Lipinski definition) is 8. The van der Waals surface area contributed by atoms with Crippen LogP contribution in [0, 0.1) is 13.8 Å². The number of aryl methyl sites for hydroxylation is 2. The van der Waals surface area contributed by atoms with Gasteiger partial charge in [0, 0.05) is 38.8 Å². The standard InChI is InChI=1S/C20H30N6O2/c1-15-16(2)28-20(23-15)12-24-7-9-25(10-8-24)18-11-19(22-14-21-18)26-6-4-3-5-17(26)13-27/h11,14,17,27H,3-10,12-13H2,1-2H3. The second-order valence-corrected chi connectivity index (χ2v) is 7.77. The normalized spacial score (nSPS) is 21.3. The van der Waals surface area contributed by atoms with Gasteiger partial charge in [-0.1, -0.05) is 0 Å². The summed E-state index contributed by atoms with van der Waals surface area (Å²) in [4.78, 5) is 20.4. The molecule has 2 fully saturated rings. The maximum Gasteiger partial charge on any atom is 0.208 e. The molecule has 8 heteroatoms. The number of oxazole rings is 1. The topological polar surface area (TPSA) is 81.8 Å². The van der Waals surface area contributed by atoms with Gasteiger partial charge in [-0.25, -0.2) is 15.0 Å². The van der Waals surface area contributed by atoms with Crippen LogP contribution in [0.3, 0.4) is 0 Å². The molecular formula is C20H30N6O2. The number of aromatic nitrogens is 3. The predicted octanol–water partition coefficient (Wildman–Crippen LogP) is 1.75. The molecule has 2 saturated heterocycles. The van der Waals surface area contributed by atoms with Gasteiger partial charge < -0.3 is 19.3 Å². The van der Waals surface area contributed by atoms with Gasteiger partial charge in [0.05, 0.1) is 24.9 Å². The Morgan fingerprint density at radius 1 is 1.07 bits per heavy atom.